The van der Waals surface area contributed by atoms with Crippen molar-refractivity contribution < 1.29 is 0 Å². The van der Waals surface area contributed by atoms with Crippen LogP contribution in [0.3, 0.4) is 0 Å². The summed E-state index contributed by atoms with van der Waals surface area (Å²) in [6.45, 7) is 2.29. The summed E-state index contributed by atoms with van der Waals surface area (Å²) in [5.41, 5.74) is 4.30. The van der Waals surface area contributed by atoms with Crippen molar-refractivity contribution in [1.82, 2.24) is 10.4 Å². The van der Waals surface area contributed by atoms with Crippen LogP contribution in [0.15, 0.2) is 36.7 Å². The van der Waals surface area contributed by atoms with E-state index in [1.807, 2.05) is 12.4 Å². The summed E-state index contributed by atoms with van der Waals surface area (Å²) in [6, 6.07) is 8.66. The molecule has 3 heteroatoms. The van der Waals surface area contributed by atoms with E-state index < -0.39 is 0 Å². The molecule has 0 radical (unpaired) electrons. The molecule has 2 atom stereocenters. The minimum Gasteiger partial charge on any atom is -0.271 e. The van der Waals surface area contributed by atoms with Crippen LogP contribution >= 0.6 is 0 Å². The molecule has 2 aromatic rings. The molecule has 0 amide bonds. The third-order valence-electron chi connectivity index (χ3n) is 4.12. The monoisotopic (exact) mass is 241 g/mol. The largest absolute Gasteiger partial charge is 0.271 e. The molecule has 3 rings (SSSR count). The van der Waals surface area contributed by atoms with Gasteiger partial charge in [-0.15, -0.1) is 0 Å². The maximum absolute atomic E-state index is 5.80. The molecule has 1 saturated carbocycles. The minimum atomic E-state index is 0.226. The van der Waals surface area contributed by atoms with E-state index in [0.717, 1.165) is 5.92 Å². The van der Waals surface area contributed by atoms with Gasteiger partial charge in [0.05, 0.1) is 0 Å². The first-order chi connectivity index (χ1) is 8.81. The van der Waals surface area contributed by atoms with Crippen LogP contribution in [0, 0.1) is 11.8 Å². The maximum atomic E-state index is 5.80. The molecule has 1 aromatic heterocycles. The topological polar surface area (TPSA) is 50.9 Å². The molecule has 0 saturated heterocycles. The second-order valence-corrected chi connectivity index (χ2v) is 5.28. The molecule has 18 heavy (non-hydrogen) atoms. The Morgan fingerprint density at radius 3 is 2.89 bits per heavy atom. The SMILES string of the molecule is CC(C1CC1)C(NN)c1cccc2cnccc12. The van der Waals surface area contributed by atoms with Crippen LogP contribution in [0.1, 0.15) is 31.4 Å². The summed E-state index contributed by atoms with van der Waals surface area (Å²) < 4.78 is 0. The maximum Gasteiger partial charge on any atom is 0.0494 e. The zero-order valence-corrected chi connectivity index (χ0v) is 10.6. The number of rotatable bonds is 4. The average Bonchev–Trinajstić information content (AvgIpc) is 3.24. The van der Waals surface area contributed by atoms with Gasteiger partial charge in [-0.3, -0.25) is 16.3 Å². The normalized spacial score (nSPS) is 18.8. The molecular formula is C15H19N3. The zero-order chi connectivity index (χ0) is 12.5. The third kappa shape index (κ3) is 2.00. The summed E-state index contributed by atoms with van der Waals surface area (Å²) in [4.78, 5) is 4.18. The standard InChI is InChI=1S/C15H19N3/c1-10(11-5-6-11)15(18-16)14-4-2-3-12-9-17-8-7-13(12)14/h2-4,7-11,15,18H,5-6,16H2,1H3. The van der Waals surface area contributed by atoms with Crippen LogP contribution in [-0.2, 0) is 0 Å². The quantitative estimate of drug-likeness (QED) is 0.639. The fourth-order valence-electron chi connectivity index (χ4n) is 2.84. The number of nitrogens with one attached hydrogen (secondary N) is 1. The highest BCUT2D eigenvalue weighted by Crippen LogP contribution is 2.43. The lowest BCUT2D eigenvalue weighted by atomic mass is 9.88. The Bertz CT molecular complexity index is 543. The number of pyridine rings is 1. The molecular weight excluding hydrogens is 222 g/mol. The van der Waals surface area contributed by atoms with Crippen LogP contribution in [0.5, 0.6) is 0 Å². The lowest BCUT2D eigenvalue weighted by molar-refractivity contribution is 0.356. The van der Waals surface area contributed by atoms with Gasteiger partial charge in [-0.25, -0.2) is 0 Å². The van der Waals surface area contributed by atoms with Crippen LogP contribution < -0.4 is 11.3 Å². The van der Waals surface area contributed by atoms with Gasteiger partial charge in [0.25, 0.3) is 0 Å². The minimum absolute atomic E-state index is 0.226. The fourth-order valence-corrected chi connectivity index (χ4v) is 2.84. The van der Waals surface area contributed by atoms with Crippen molar-refractivity contribution in [2.45, 2.75) is 25.8 Å². The molecule has 0 aliphatic heterocycles. The highest BCUT2D eigenvalue weighted by Gasteiger charge is 2.34. The molecule has 0 spiro atoms. The summed E-state index contributed by atoms with van der Waals surface area (Å²) >= 11 is 0. The average molecular weight is 241 g/mol. The second kappa shape index (κ2) is 4.67. The molecule has 1 heterocycles. The summed E-state index contributed by atoms with van der Waals surface area (Å²) in [6.07, 6.45) is 6.44. The van der Waals surface area contributed by atoms with E-state index in [1.165, 1.54) is 29.2 Å². The lowest BCUT2D eigenvalue weighted by Crippen LogP contribution is -2.33. The number of hydrogen-bond acceptors (Lipinski definition) is 3. The van der Waals surface area contributed by atoms with Gasteiger partial charge < -0.3 is 0 Å². The van der Waals surface area contributed by atoms with Crippen molar-refractivity contribution in [2.24, 2.45) is 17.7 Å². The van der Waals surface area contributed by atoms with Crippen molar-refractivity contribution in [2.75, 3.05) is 0 Å². The Morgan fingerprint density at radius 1 is 1.33 bits per heavy atom. The summed E-state index contributed by atoms with van der Waals surface area (Å²) in [5.74, 6) is 7.20. The number of nitrogens with zero attached hydrogens (tertiary/aromatic N) is 1. The highest BCUT2D eigenvalue weighted by molar-refractivity contribution is 5.85. The van der Waals surface area contributed by atoms with Gasteiger partial charge in [-0.2, -0.15) is 0 Å². The third-order valence-corrected chi connectivity index (χ3v) is 4.12. The van der Waals surface area contributed by atoms with Gasteiger partial charge in [0.2, 0.25) is 0 Å². The molecule has 1 aromatic carbocycles. The van der Waals surface area contributed by atoms with Gasteiger partial charge in [0, 0.05) is 23.8 Å². The zero-order valence-electron chi connectivity index (χ0n) is 10.6. The van der Waals surface area contributed by atoms with E-state index in [9.17, 15) is 0 Å². The molecule has 3 N–H and O–H groups in total. The van der Waals surface area contributed by atoms with Gasteiger partial charge in [0.1, 0.15) is 0 Å². The van der Waals surface area contributed by atoms with E-state index in [-0.39, 0.29) is 6.04 Å². The summed E-state index contributed by atoms with van der Waals surface area (Å²) in [7, 11) is 0. The van der Waals surface area contributed by atoms with E-state index in [0.29, 0.717) is 5.92 Å². The Hall–Kier alpha value is -1.45. The Balaban J connectivity index is 2.05. The molecule has 1 aliphatic carbocycles. The van der Waals surface area contributed by atoms with Gasteiger partial charge >= 0.3 is 0 Å². The summed E-state index contributed by atoms with van der Waals surface area (Å²) in [5, 5.41) is 2.43. The lowest BCUT2D eigenvalue weighted by Gasteiger charge is -2.24. The molecule has 1 fully saturated rings. The Kier molecular flexibility index (Phi) is 3.02. The number of nitrogens with two attached hydrogens (primary N) is 1. The van der Waals surface area contributed by atoms with Crippen LogP contribution in [0.25, 0.3) is 10.8 Å². The smallest absolute Gasteiger partial charge is 0.0494 e. The predicted octanol–water partition coefficient (Wildman–Crippen LogP) is 2.79. The number of benzene rings is 1. The Labute approximate surface area is 107 Å². The molecule has 1 aliphatic rings. The highest BCUT2D eigenvalue weighted by atomic mass is 15.2. The predicted molar refractivity (Wildman–Crippen MR) is 73.7 cm³/mol. The first kappa shape index (κ1) is 11.6. The van der Waals surface area contributed by atoms with Crippen molar-refractivity contribution in [3.05, 3.63) is 42.2 Å². The van der Waals surface area contributed by atoms with Crippen molar-refractivity contribution >= 4 is 10.8 Å². The molecule has 2 unspecified atom stereocenters. The molecule has 3 nitrogen and oxygen atoms in total. The van der Waals surface area contributed by atoms with E-state index >= 15 is 0 Å². The first-order valence-corrected chi connectivity index (χ1v) is 6.60. The van der Waals surface area contributed by atoms with Crippen molar-refractivity contribution in [1.29, 1.82) is 0 Å². The van der Waals surface area contributed by atoms with Crippen LogP contribution in [-0.4, -0.2) is 4.98 Å². The number of aromatic nitrogens is 1. The fraction of sp³-hybridized carbons (Fsp3) is 0.400. The van der Waals surface area contributed by atoms with Gasteiger partial charge in [-0.05, 0) is 41.7 Å². The molecule has 94 valence electrons. The first-order valence-electron chi connectivity index (χ1n) is 6.60. The number of fused-ring (bicyclic) bond motifs is 1. The number of hydrazine groups is 1. The molecule has 0 bridgehead atoms. The number of hydrogen-bond donors (Lipinski definition) is 2. The van der Waals surface area contributed by atoms with Gasteiger partial charge in [-0.1, -0.05) is 25.1 Å². The van der Waals surface area contributed by atoms with Gasteiger partial charge in [0.15, 0.2) is 0 Å². The van der Waals surface area contributed by atoms with Crippen LogP contribution in [0.2, 0.25) is 0 Å². The van der Waals surface area contributed by atoms with E-state index in [4.69, 9.17) is 5.84 Å². The van der Waals surface area contributed by atoms with Crippen molar-refractivity contribution in [3.63, 3.8) is 0 Å². The van der Waals surface area contributed by atoms with E-state index in [1.54, 1.807) is 0 Å². The van der Waals surface area contributed by atoms with E-state index in [2.05, 4.69) is 41.6 Å². The van der Waals surface area contributed by atoms with Crippen LogP contribution in [0.4, 0.5) is 0 Å². The van der Waals surface area contributed by atoms with Crippen molar-refractivity contribution in [3.8, 4) is 0 Å². The Morgan fingerprint density at radius 2 is 2.17 bits per heavy atom. The second-order valence-electron chi connectivity index (χ2n) is 5.28.